The summed E-state index contributed by atoms with van der Waals surface area (Å²) in [5.74, 6) is 0.677. The molecule has 0 radical (unpaired) electrons. The van der Waals surface area contributed by atoms with E-state index >= 15 is 0 Å². The van der Waals surface area contributed by atoms with Gasteiger partial charge < -0.3 is 0 Å². The average Bonchev–Trinajstić information content (AvgIpc) is 3.23. The third-order valence-corrected chi connectivity index (χ3v) is 10.1. The average molecular weight is 662 g/mol. The highest BCUT2D eigenvalue weighted by Gasteiger charge is 2.18. The zero-order valence-corrected chi connectivity index (χ0v) is 28.2. The molecule has 0 N–H and O–H groups in total. The molecule has 3 nitrogen and oxygen atoms in total. The molecule has 2 heterocycles. The number of benzene rings is 8. The molecular formula is C49H31N3. The maximum absolute atomic E-state index is 5.26. The Morgan fingerprint density at radius 3 is 1.58 bits per heavy atom. The van der Waals surface area contributed by atoms with E-state index in [-0.39, 0.29) is 0 Å². The Kier molecular flexibility index (Phi) is 7.14. The minimum absolute atomic E-state index is 0.677. The standard InChI is InChI=1S/C49H31N3/c1-3-13-32(14-4-1)45-31-46(33-15-5-2-6-16-33)52-49(51-45)39-28-37(40-20-7-8-21-41(40)44-23-9-10-26-50-44)27-38(29-39)43-30-36-19-11-17-34-24-25-35-18-12-22-42(43)48(35)47(34)36/h1-31H. The molecule has 0 aliphatic heterocycles. The number of nitrogens with zero attached hydrogens (tertiary/aromatic N) is 3. The van der Waals surface area contributed by atoms with Gasteiger partial charge in [0.1, 0.15) is 0 Å². The van der Waals surface area contributed by atoms with Crippen molar-refractivity contribution in [3.63, 3.8) is 0 Å². The van der Waals surface area contributed by atoms with Crippen LogP contribution in [-0.2, 0) is 0 Å². The normalized spacial score (nSPS) is 11.5. The Labute approximate surface area is 301 Å². The Hall–Kier alpha value is -6.97. The summed E-state index contributed by atoms with van der Waals surface area (Å²) < 4.78 is 0. The Morgan fingerprint density at radius 1 is 0.308 bits per heavy atom. The summed E-state index contributed by atoms with van der Waals surface area (Å²) in [6.45, 7) is 0. The molecule has 10 aromatic rings. The van der Waals surface area contributed by atoms with E-state index in [0.29, 0.717) is 5.82 Å². The van der Waals surface area contributed by atoms with Crippen LogP contribution in [0.4, 0.5) is 0 Å². The van der Waals surface area contributed by atoms with Crippen molar-refractivity contribution >= 4 is 32.3 Å². The van der Waals surface area contributed by atoms with Crippen LogP contribution in [0.3, 0.4) is 0 Å². The van der Waals surface area contributed by atoms with Gasteiger partial charge in [-0.15, -0.1) is 0 Å². The van der Waals surface area contributed by atoms with E-state index in [4.69, 9.17) is 15.0 Å². The van der Waals surface area contributed by atoms with Gasteiger partial charge in [-0.05, 0) is 97.0 Å². The monoisotopic (exact) mass is 661 g/mol. The second-order valence-electron chi connectivity index (χ2n) is 13.2. The van der Waals surface area contributed by atoms with Crippen LogP contribution < -0.4 is 0 Å². The molecule has 0 unspecified atom stereocenters. The third-order valence-electron chi connectivity index (χ3n) is 10.1. The summed E-state index contributed by atoms with van der Waals surface area (Å²) in [7, 11) is 0. The fraction of sp³-hybridized carbons (Fsp3) is 0. The van der Waals surface area contributed by atoms with E-state index < -0.39 is 0 Å². The topological polar surface area (TPSA) is 38.7 Å². The van der Waals surface area contributed by atoms with Crippen molar-refractivity contribution < 1.29 is 0 Å². The van der Waals surface area contributed by atoms with E-state index in [9.17, 15) is 0 Å². The quantitative estimate of drug-likeness (QED) is 0.166. The van der Waals surface area contributed by atoms with E-state index in [2.05, 4.69) is 158 Å². The minimum atomic E-state index is 0.677. The first-order valence-corrected chi connectivity index (χ1v) is 17.6. The van der Waals surface area contributed by atoms with Crippen LogP contribution in [0, 0.1) is 0 Å². The molecule has 0 fully saturated rings. The summed E-state index contributed by atoms with van der Waals surface area (Å²) in [5.41, 5.74) is 11.3. The summed E-state index contributed by atoms with van der Waals surface area (Å²) in [4.78, 5) is 15.3. The number of pyridine rings is 1. The van der Waals surface area contributed by atoms with E-state index in [0.717, 1.165) is 56.0 Å². The van der Waals surface area contributed by atoms with Crippen molar-refractivity contribution in [3.8, 4) is 67.4 Å². The van der Waals surface area contributed by atoms with Crippen LogP contribution in [0.1, 0.15) is 0 Å². The van der Waals surface area contributed by atoms with Crippen LogP contribution in [0.2, 0.25) is 0 Å². The molecule has 2 aromatic heterocycles. The summed E-state index contributed by atoms with van der Waals surface area (Å²) in [6.07, 6.45) is 1.85. The molecule has 0 amide bonds. The summed E-state index contributed by atoms with van der Waals surface area (Å²) in [5, 5.41) is 7.56. The van der Waals surface area contributed by atoms with E-state index in [1.807, 2.05) is 30.5 Å². The molecular weight excluding hydrogens is 631 g/mol. The molecule has 8 aromatic carbocycles. The van der Waals surface area contributed by atoms with Gasteiger partial charge in [0.2, 0.25) is 0 Å². The number of hydrogen-bond acceptors (Lipinski definition) is 3. The van der Waals surface area contributed by atoms with Gasteiger partial charge in [-0.1, -0.05) is 140 Å². The second-order valence-corrected chi connectivity index (χ2v) is 13.2. The predicted octanol–water partition coefficient (Wildman–Crippen LogP) is 12.8. The molecule has 0 aliphatic carbocycles. The van der Waals surface area contributed by atoms with E-state index in [1.165, 1.54) is 37.9 Å². The molecule has 3 heteroatoms. The van der Waals surface area contributed by atoms with Crippen molar-refractivity contribution in [1.82, 2.24) is 15.0 Å². The lowest BCUT2D eigenvalue weighted by Crippen LogP contribution is -1.97. The molecule has 0 spiro atoms. The molecule has 10 rings (SSSR count). The molecule has 0 saturated carbocycles. The number of aromatic nitrogens is 3. The fourth-order valence-electron chi connectivity index (χ4n) is 7.64. The van der Waals surface area contributed by atoms with Crippen molar-refractivity contribution in [2.75, 3.05) is 0 Å². The first-order valence-electron chi connectivity index (χ1n) is 17.6. The lowest BCUT2D eigenvalue weighted by Gasteiger charge is -2.18. The van der Waals surface area contributed by atoms with E-state index in [1.54, 1.807) is 0 Å². The molecule has 52 heavy (non-hydrogen) atoms. The maximum Gasteiger partial charge on any atom is 0.160 e. The molecule has 0 aliphatic rings. The van der Waals surface area contributed by atoms with Gasteiger partial charge in [0, 0.05) is 28.5 Å². The van der Waals surface area contributed by atoms with Crippen molar-refractivity contribution in [3.05, 3.63) is 188 Å². The highest BCUT2D eigenvalue weighted by molar-refractivity contribution is 6.26. The van der Waals surface area contributed by atoms with Crippen molar-refractivity contribution in [2.45, 2.75) is 0 Å². The third kappa shape index (κ3) is 5.19. The molecule has 0 saturated heterocycles. The smallest absolute Gasteiger partial charge is 0.160 e. The van der Waals surface area contributed by atoms with Gasteiger partial charge in [-0.2, -0.15) is 0 Å². The first kappa shape index (κ1) is 29.9. The zero-order chi connectivity index (χ0) is 34.4. The Morgan fingerprint density at radius 2 is 0.885 bits per heavy atom. The number of hydrogen-bond donors (Lipinski definition) is 0. The van der Waals surface area contributed by atoms with Crippen LogP contribution >= 0.6 is 0 Å². The van der Waals surface area contributed by atoms with Crippen molar-refractivity contribution in [1.29, 1.82) is 0 Å². The minimum Gasteiger partial charge on any atom is -0.256 e. The first-order chi connectivity index (χ1) is 25.8. The Bertz CT molecular complexity index is 2820. The number of rotatable bonds is 6. The lowest BCUT2D eigenvalue weighted by atomic mass is 9.87. The zero-order valence-electron chi connectivity index (χ0n) is 28.2. The van der Waals surface area contributed by atoms with Crippen LogP contribution in [0.15, 0.2) is 188 Å². The summed E-state index contributed by atoms with van der Waals surface area (Å²) in [6, 6.07) is 64.4. The SMILES string of the molecule is c1ccc(-c2cc(-c3ccccc3)nc(-c3cc(-c4ccccc4-c4ccccn4)cc(-c4cc5cccc6ccc7cccc4c7c65)c3)n2)cc1. The Balaban J connectivity index is 1.28. The van der Waals surface area contributed by atoms with Gasteiger partial charge in [0.25, 0.3) is 0 Å². The van der Waals surface area contributed by atoms with Gasteiger partial charge >= 0.3 is 0 Å². The van der Waals surface area contributed by atoms with Gasteiger partial charge in [0.05, 0.1) is 17.1 Å². The predicted molar refractivity (Wildman–Crippen MR) is 216 cm³/mol. The van der Waals surface area contributed by atoms with Crippen LogP contribution in [-0.4, -0.2) is 15.0 Å². The lowest BCUT2D eigenvalue weighted by molar-refractivity contribution is 1.18. The van der Waals surface area contributed by atoms with Gasteiger partial charge in [-0.3, -0.25) is 4.98 Å². The highest BCUT2D eigenvalue weighted by Crippen LogP contribution is 2.43. The van der Waals surface area contributed by atoms with Gasteiger partial charge in [0.15, 0.2) is 5.82 Å². The maximum atomic E-state index is 5.26. The fourth-order valence-corrected chi connectivity index (χ4v) is 7.64. The van der Waals surface area contributed by atoms with Crippen LogP contribution in [0.5, 0.6) is 0 Å². The largest absolute Gasteiger partial charge is 0.256 e. The molecule has 242 valence electrons. The van der Waals surface area contributed by atoms with Crippen LogP contribution in [0.25, 0.3) is 99.7 Å². The molecule has 0 atom stereocenters. The van der Waals surface area contributed by atoms with Gasteiger partial charge in [-0.25, -0.2) is 9.97 Å². The summed E-state index contributed by atoms with van der Waals surface area (Å²) >= 11 is 0. The van der Waals surface area contributed by atoms with Crippen molar-refractivity contribution in [2.24, 2.45) is 0 Å². The molecule has 0 bridgehead atoms. The highest BCUT2D eigenvalue weighted by atomic mass is 14.9. The second kappa shape index (κ2) is 12.4.